The first-order chi connectivity index (χ1) is 13.0. The normalized spacial score (nSPS) is 13.3. The third-order valence-corrected chi connectivity index (χ3v) is 3.86. The molecule has 0 aliphatic heterocycles. The SMILES string of the molecule is C[C@@H](c1ccc(OC(F)(F)F)c(F)c1)n1nc(C(F)F)c2c(=O)[nH]c(=O)[nH]c21. The Balaban J connectivity index is 2.12. The predicted octanol–water partition coefficient (Wildman–Crippen LogP) is 3.00. The van der Waals surface area contributed by atoms with Crippen LogP contribution in [0.4, 0.5) is 26.3 Å². The standard InChI is InChI=1S/C15H10F6N4O3/c1-5(6-2-3-8(7(16)4-6)28-15(19,20)21)25-12-9(10(24-25)11(17)18)13(26)23-14(27)22-12/h2-5,11H,1H3,(H2,22,23,26,27)/t5-/m0/s1. The largest absolute Gasteiger partial charge is 0.573 e. The van der Waals surface area contributed by atoms with E-state index in [4.69, 9.17) is 0 Å². The van der Waals surface area contributed by atoms with Gasteiger partial charge in [0.15, 0.2) is 11.6 Å². The zero-order chi connectivity index (χ0) is 20.8. The van der Waals surface area contributed by atoms with Crippen LogP contribution < -0.4 is 16.0 Å². The van der Waals surface area contributed by atoms with Crippen molar-refractivity contribution in [3.63, 3.8) is 0 Å². The zero-order valence-electron chi connectivity index (χ0n) is 13.8. The Morgan fingerprint density at radius 2 is 1.86 bits per heavy atom. The van der Waals surface area contributed by atoms with Crippen LogP contribution in [-0.2, 0) is 0 Å². The smallest absolute Gasteiger partial charge is 0.403 e. The van der Waals surface area contributed by atoms with Gasteiger partial charge in [-0.3, -0.25) is 14.8 Å². The molecule has 0 unspecified atom stereocenters. The van der Waals surface area contributed by atoms with Crippen molar-refractivity contribution in [2.24, 2.45) is 0 Å². The molecule has 0 fully saturated rings. The van der Waals surface area contributed by atoms with Crippen LogP contribution >= 0.6 is 0 Å². The van der Waals surface area contributed by atoms with E-state index in [1.54, 1.807) is 4.98 Å². The van der Waals surface area contributed by atoms with Gasteiger partial charge in [0.25, 0.3) is 12.0 Å². The number of rotatable bonds is 4. The first kappa shape index (κ1) is 19.5. The topological polar surface area (TPSA) is 92.8 Å². The summed E-state index contributed by atoms with van der Waals surface area (Å²) < 4.78 is 81.5. The maximum Gasteiger partial charge on any atom is 0.573 e. The van der Waals surface area contributed by atoms with E-state index in [1.807, 2.05) is 0 Å². The quantitative estimate of drug-likeness (QED) is 0.650. The fourth-order valence-electron chi connectivity index (χ4n) is 2.66. The molecule has 0 bridgehead atoms. The van der Waals surface area contributed by atoms with Crippen LogP contribution in [0.25, 0.3) is 11.0 Å². The number of H-pyrrole nitrogens is 2. The molecule has 1 atom stereocenters. The van der Waals surface area contributed by atoms with Gasteiger partial charge < -0.3 is 4.74 Å². The summed E-state index contributed by atoms with van der Waals surface area (Å²) in [5.41, 5.74) is -3.29. The summed E-state index contributed by atoms with van der Waals surface area (Å²) in [4.78, 5) is 27.4. The van der Waals surface area contributed by atoms with Gasteiger partial charge in [-0.15, -0.1) is 13.2 Å². The van der Waals surface area contributed by atoms with Crippen LogP contribution in [0.1, 0.15) is 30.6 Å². The zero-order valence-corrected chi connectivity index (χ0v) is 13.8. The van der Waals surface area contributed by atoms with Gasteiger partial charge in [0, 0.05) is 0 Å². The minimum absolute atomic E-state index is 0.0263. The van der Waals surface area contributed by atoms with Crippen LogP contribution in [-0.4, -0.2) is 26.1 Å². The van der Waals surface area contributed by atoms with Crippen molar-refractivity contribution in [3.05, 3.63) is 56.1 Å². The van der Waals surface area contributed by atoms with Gasteiger partial charge in [-0.1, -0.05) is 6.07 Å². The number of alkyl halides is 5. The maximum atomic E-state index is 13.9. The second kappa shape index (κ2) is 6.73. The summed E-state index contributed by atoms with van der Waals surface area (Å²) in [6.45, 7) is 1.36. The lowest BCUT2D eigenvalue weighted by Gasteiger charge is -2.15. The van der Waals surface area contributed by atoms with Crippen molar-refractivity contribution in [1.29, 1.82) is 0 Å². The lowest BCUT2D eigenvalue weighted by molar-refractivity contribution is -0.275. The second-order valence-electron chi connectivity index (χ2n) is 5.68. The van der Waals surface area contributed by atoms with E-state index in [-0.39, 0.29) is 11.2 Å². The first-order valence-corrected chi connectivity index (χ1v) is 7.56. The minimum atomic E-state index is -5.10. The molecule has 150 valence electrons. The lowest BCUT2D eigenvalue weighted by Crippen LogP contribution is -2.23. The molecule has 0 aliphatic rings. The molecule has 28 heavy (non-hydrogen) atoms. The molecular formula is C15H10F6N4O3. The molecule has 0 saturated heterocycles. The average molecular weight is 408 g/mol. The monoisotopic (exact) mass is 408 g/mol. The molecule has 2 N–H and O–H groups in total. The Labute approximate surface area is 150 Å². The molecule has 0 amide bonds. The molecule has 13 heteroatoms. The van der Waals surface area contributed by atoms with Crippen molar-refractivity contribution in [2.75, 3.05) is 0 Å². The van der Waals surface area contributed by atoms with Gasteiger partial charge in [0.1, 0.15) is 16.7 Å². The number of ether oxygens (including phenoxy) is 1. The van der Waals surface area contributed by atoms with E-state index < -0.39 is 52.7 Å². The molecule has 3 rings (SSSR count). The van der Waals surface area contributed by atoms with E-state index in [9.17, 15) is 35.9 Å². The summed E-state index contributed by atoms with van der Waals surface area (Å²) in [5, 5.41) is 3.06. The fraction of sp³-hybridized carbons (Fsp3) is 0.267. The highest BCUT2D eigenvalue weighted by Gasteiger charge is 2.32. The van der Waals surface area contributed by atoms with Crippen molar-refractivity contribution in [3.8, 4) is 5.75 Å². The Bertz CT molecular complexity index is 1150. The summed E-state index contributed by atoms with van der Waals surface area (Å²) in [6, 6.07) is 1.45. The van der Waals surface area contributed by atoms with Crippen LogP contribution in [0.3, 0.4) is 0 Å². The lowest BCUT2D eigenvalue weighted by atomic mass is 10.1. The van der Waals surface area contributed by atoms with E-state index in [1.165, 1.54) is 6.92 Å². The van der Waals surface area contributed by atoms with Crippen LogP contribution in [0.15, 0.2) is 27.8 Å². The van der Waals surface area contributed by atoms with Crippen molar-refractivity contribution in [2.45, 2.75) is 25.8 Å². The number of benzene rings is 1. The Morgan fingerprint density at radius 3 is 2.43 bits per heavy atom. The highest BCUT2D eigenvalue weighted by atomic mass is 19.4. The van der Waals surface area contributed by atoms with Crippen molar-refractivity contribution in [1.82, 2.24) is 19.7 Å². The van der Waals surface area contributed by atoms with Crippen molar-refractivity contribution < 1.29 is 31.1 Å². The second-order valence-corrected chi connectivity index (χ2v) is 5.68. The Morgan fingerprint density at radius 1 is 1.18 bits per heavy atom. The highest BCUT2D eigenvalue weighted by molar-refractivity contribution is 5.77. The number of aromatic nitrogens is 4. The summed E-state index contributed by atoms with van der Waals surface area (Å²) in [7, 11) is 0. The number of fused-ring (bicyclic) bond motifs is 1. The van der Waals surface area contributed by atoms with Gasteiger partial charge in [0.2, 0.25) is 0 Å². The molecular weight excluding hydrogens is 398 g/mol. The molecule has 1 aromatic carbocycles. The average Bonchev–Trinajstić information content (AvgIpc) is 2.94. The van der Waals surface area contributed by atoms with E-state index in [0.29, 0.717) is 12.1 Å². The molecule has 7 nitrogen and oxygen atoms in total. The molecule has 2 aromatic heterocycles. The molecule has 2 heterocycles. The first-order valence-electron chi connectivity index (χ1n) is 7.56. The van der Waals surface area contributed by atoms with Gasteiger partial charge in [-0.2, -0.15) is 5.10 Å². The maximum absolute atomic E-state index is 13.9. The predicted molar refractivity (Wildman–Crippen MR) is 82.8 cm³/mol. The molecule has 3 aromatic rings. The molecule has 0 radical (unpaired) electrons. The van der Waals surface area contributed by atoms with Gasteiger partial charge in [-0.05, 0) is 24.6 Å². The highest BCUT2D eigenvalue weighted by Crippen LogP contribution is 2.31. The number of aromatic amines is 2. The van der Waals surface area contributed by atoms with Crippen LogP contribution in [0.5, 0.6) is 5.75 Å². The third kappa shape index (κ3) is 3.59. The fourth-order valence-corrected chi connectivity index (χ4v) is 2.66. The van der Waals surface area contributed by atoms with Crippen LogP contribution in [0, 0.1) is 5.82 Å². The molecule has 0 saturated carbocycles. The summed E-state index contributed by atoms with van der Waals surface area (Å²) >= 11 is 0. The van der Waals surface area contributed by atoms with E-state index >= 15 is 0 Å². The van der Waals surface area contributed by atoms with E-state index in [2.05, 4.69) is 14.8 Å². The number of nitrogens with one attached hydrogen (secondary N) is 2. The number of halogens is 6. The third-order valence-electron chi connectivity index (χ3n) is 3.86. The van der Waals surface area contributed by atoms with Gasteiger partial charge >= 0.3 is 12.1 Å². The van der Waals surface area contributed by atoms with Crippen molar-refractivity contribution >= 4 is 11.0 Å². The Kier molecular flexibility index (Phi) is 4.69. The van der Waals surface area contributed by atoms with Gasteiger partial charge in [0.05, 0.1) is 6.04 Å². The number of hydrogen-bond acceptors (Lipinski definition) is 4. The van der Waals surface area contributed by atoms with Gasteiger partial charge in [-0.25, -0.2) is 22.6 Å². The molecule has 0 spiro atoms. The Hall–Kier alpha value is -3.25. The minimum Gasteiger partial charge on any atom is -0.403 e. The number of hydrogen-bond donors (Lipinski definition) is 2. The summed E-state index contributed by atoms with van der Waals surface area (Å²) in [6.07, 6.45) is -8.25. The molecule has 0 aliphatic carbocycles. The van der Waals surface area contributed by atoms with E-state index in [0.717, 1.165) is 10.7 Å². The number of nitrogens with zero attached hydrogens (tertiary/aromatic N) is 2. The van der Waals surface area contributed by atoms with Crippen LogP contribution in [0.2, 0.25) is 0 Å². The summed E-state index contributed by atoms with van der Waals surface area (Å²) in [5.74, 6) is -2.43.